The van der Waals surface area contributed by atoms with Gasteiger partial charge in [-0.25, -0.2) is 4.39 Å². The molecule has 0 saturated carbocycles. The lowest BCUT2D eigenvalue weighted by atomic mass is 9.94. The number of benzene rings is 1. The third-order valence-electron chi connectivity index (χ3n) is 3.84. The summed E-state index contributed by atoms with van der Waals surface area (Å²) in [5.41, 5.74) is 6.34. The van der Waals surface area contributed by atoms with Crippen LogP contribution in [0.2, 0.25) is 0 Å². The van der Waals surface area contributed by atoms with Gasteiger partial charge in [-0.15, -0.1) is 0 Å². The molecule has 1 aliphatic rings. The zero-order valence-corrected chi connectivity index (χ0v) is 11.6. The lowest BCUT2D eigenvalue weighted by molar-refractivity contribution is 0.161. The molecule has 0 spiro atoms. The molecule has 1 atom stereocenters. The number of nitrogens with two attached hydrogens (primary N) is 1. The number of halogens is 1. The molecule has 106 valence electrons. The van der Waals surface area contributed by atoms with E-state index in [1.807, 2.05) is 12.1 Å². The van der Waals surface area contributed by atoms with E-state index in [1.165, 1.54) is 20.0 Å². The molecule has 19 heavy (non-hydrogen) atoms. The Hall–Kier alpha value is -1.13. The van der Waals surface area contributed by atoms with Gasteiger partial charge in [-0.3, -0.25) is 4.90 Å². The minimum Gasteiger partial charge on any atom is -0.494 e. The largest absolute Gasteiger partial charge is 0.494 e. The molecule has 2 N–H and O–H groups in total. The quantitative estimate of drug-likeness (QED) is 0.889. The molecule has 0 amide bonds. The van der Waals surface area contributed by atoms with Crippen LogP contribution >= 0.6 is 0 Å². The molecule has 2 rings (SSSR count). The van der Waals surface area contributed by atoms with Crippen molar-refractivity contribution in [2.24, 2.45) is 11.7 Å². The van der Waals surface area contributed by atoms with Crippen LogP contribution in [-0.2, 0) is 6.54 Å². The van der Waals surface area contributed by atoms with Crippen molar-refractivity contribution in [2.45, 2.75) is 25.8 Å². The monoisotopic (exact) mass is 266 g/mol. The van der Waals surface area contributed by atoms with Crippen LogP contribution in [0, 0.1) is 11.7 Å². The summed E-state index contributed by atoms with van der Waals surface area (Å²) in [5, 5.41) is 0. The molecular formula is C15H23FN2O. The van der Waals surface area contributed by atoms with E-state index in [4.69, 9.17) is 10.5 Å². The van der Waals surface area contributed by atoms with Gasteiger partial charge < -0.3 is 10.5 Å². The molecule has 1 heterocycles. The van der Waals surface area contributed by atoms with Crippen molar-refractivity contribution in [3.8, 4) is 5.75 Å². The maximum atomic E-state index is 14.1. The molecule has 1 saturated heterocycles. The highest BCUT2D eigenvalue weighted by molar-refractivity contribution is 5.31. The van der Waals surface area contributed by atoms with E-state index in [1.54, 1.807) is 6.07 Å². The number of hydrogen-bond donors (Lipinski definition) is 1. The molecule has 1 aromatic rings. The molecule has 1 unspecified atom stereocenters. The van der Waals surface area contributed by atoms with E-state index in [-0.39, 0.29) is 5.82 Å². The molecular weight excluding hydrogens is 243 g/mol. The third kappa shape index (κ3) is 3.67. The zero-order valence-electron chi connectivity index (χ0n) is 11.6. The molecule has 3 nitrogen and oxygen atoms in total. The Morgan fingerprint density at radius 1 is 1.47 bits per heavy atom. The SMILES string of the molecule is COc1cccc(CN2CCCC(CCN)C2)c1F. The molecule has 1 aromatic carbocycles. The molecule has 1 fully saturated rings. The number of rotatable bonds is 5. The summed E-state index contributed by atoms with van der Waals surface area (Å²) in [6, 6.07) is 5.34. The zero-order chi connectivity index (χ0) is 13.7. The van der Waals surface area contributed by atoms with Crippen LogP contribution in [0.3, 0.4) is 0 Å². The van der Waals surface area contributed by atoms with Crippen LogP contribution in [0.5, 0.6) is 5.75 Å². The first-order chi connectivity index (χ1) is 9.24. The van der Waals surface area contributed by atoms with E-state index in [0.29, 0.717) is 23.8 Å². The topological polar surface area (TPSA) is 38.5 Å². The van der Waals surface area contributed by atoms with Crippen LogP contribution in [0.25, 0.3) is 0 Å². The summed E-state index contributed by atoms with van der Waals surface area (Å²) in [7, 11) is 1.50. The smallest absolute Gasteiger partial charge is 0.169 e. The summed E-state index contributed by atoms with van der Waals surface area (Å²) in [4.78, 5) is 2.32. The lowest BCUT2D eigenvalue weighted by Gasteiger charge is -2.32. The highest BCUT2D eigenvalue weighted by atomic mass is 19.1. The van der Waals surface area contributed by atoms with Crippen LogP contribution in [-0.4, -0.2) is 31.6 Å². The van der Waals surface area contributed by atoms with Crippen molar-refractivity contribution < 1.29 is 9.13 Å². The average molecular weight is 266 g/mol. The van der Waals surface area contributed by atoms with Gasteiger partial charge in [-0.05, 0) is 44.3 Å². The summed E-state index contributed by atoms with van der Waals surface area (Å²) >= 11 is 0. The fourth-order valence-corrected chi connectivity index (χ4v) is 2.84. The minimum atomic E-state index is -0.231. The Labute approximate surface area is 114 Å². The first-order valence-corrected chi connectivity index (χ1v) is 6.98. The number of hydrogen-bond acceptors (Lipinski definition) is 3. The van der Waals surface area contributed by atoms with Crippen molar-refractivity contribution in [1.82, 2.24) is 4.90 Å². The van der Waals surface area contributed by atoms with Crippen LogP contribution in [0.1, 0.15) is 24.8 Å². The molecule has 0 aliphatic carbocycles. The van der Waals surface area contributed by atoms with E-state index >= 15 is 0 Å². The van der Waals surface area contributed by atoms with Crippen LogP contribution < -0.4 is 10.5 Å². The van der Waals surface area contributed by atoms with E-state index < -0.39 is 0 Å². The normalized spacial score (nSPS) is 20.5. The highest BCUT2D eigenvalue weighted by Gasteiger charge is 2.20. The van der Waals surface area contributed by atoms with E-state index in [9.17, 15) is 4.39 Å². The Bertz CT molecular complexity index is 409. The second kappa shape index (κ2) is 6.87. The predicted molar refractivity (Wildman–Crippen MR) is 74.6 cm³/mol. The van der Waals surface area contributed by atoms with Crippen molar-refractivity contribution in [2.75, 3.05) is 26.7 Å². The number of piperidine rings is 1. The maximum Gasteiger partial charge on any atom is 0.169 e. The first kappa shape index (κ1) is 14.3. The Balaban J connectivity index is 2.00. The van der Waals surface area contributed by atoms with Crippen molar-refractivity contribution >= 4 is 0 Å². The van der Waals surface area contributed by atoms with Crippen molar-refractivity contribution in [1.29, 1.82) is 0 Å². The van der Waals surface area contributed by atoms with Gasteiger partial charge in [0.25, 0.3) is 0 Å². The van der Waals surface area contributed by atoms with E-state index in [2.05, 4.69) is 4.90 Å². The Morgan fingerprint density at radius 2 is 2.32 bits per heavy atom. The first-order valence-electron chi connectivity index (χ1n) is 6.98. The molecule has 1 aliphatic heterocycles. The van der Waals surface area contributed by atoms with Gasteiger partial charge in [-0.1, -0.05) is 12.1 Å². The summed E-state index contributed by atoms with van der Waals surface area (Å²) in [6.07, 6.45) is 3.49. The van der Waals surface area contributed by atoms with Gasteiger partial charge in [-0.2, -0.15) is 0 Å². The summed E-state index contributed by atoms with van der Waals surface area (Å²) in [5.74, 6) is 0.756. The van der Waals surface area contributed by atoms with Crippen molar-refractivity contribution in [3.05, 3.63) is 29.6 Å². The van der Waals surface area contributed by atoms with Gasteiger partial charge in [0.1, 0.15) is 0 Å². The molecule has 0 aromatic heterocycles. The van der Waals surface area contributed by atoms with Gasteiger partial charge in [0.05, 0.1) is 7.11 Å². The highest BCUT2D eigenvalue weighted by Crippen LogP contribution is 2.24. The summed E-state index contributed by atoms with van der Waals surface area (Å²) in [6.45, 7) is 3.46. The fourth-order valence-electron chi connectivity index (χ4n) is 2.84. The molecule has 0 bridgehead atoms. The summed E-state index contributed by atoms with van der Waals surface area (Å²) < 4.78 is 19.1. The van der Waals surface area contributed by atoms with Gasteiger partial charge in [0, 0.05) is 18.7 Å². The van der Waals surface area contributed by atoms with Gasteiger partial charge in [0.2, 0.25) is 0 Å². The lowest BCUT2D eigenvalue weighted by Crippen LogP contribution is -2.35. The molecule has 0 radical (unpaired) electrons. The Kier molecular flexibility index (Phi) is 5.16. The molecule has 4 heteroatoms. The van der Waals surface area contributed by atoms with E-state index in [0.717, 1.165) is 26.1 Å². The van der Waals surface area contributed by atoms with Crippen LogP contribution in [0.4, 0.5) is 4.39 Å². The predicted octanol–water partition coefficient (Wildman–Crippen LogP) is 2.40. The number of ether oxygens (including phenoxy) is 1. The minimum absolute atomic E-state index is 0.231. The van der Waals surface area contributed by atoms with Gasteiger partial charge >= 0.3 is 0 Å². The number of nitrogens with zero attached hydrogens (tertiary/aromatic N) is 1. The van der Waals surface area contributed by atoms with Crippen LogP contribution in [0.15, 0.2) is 18.2 Å². The van der Waals surface area contributed by atoms with Crippen molar-refractivity contribution in [3.63, 3.8) is 0 Å². The standard InChI is InChI=1S/C15H23FN2O/c1-19-14-6-2-5-13(15(14)16)11-18-9-3-4-12(10-18)7-8-17/h2,5-6,12H,3-4,7-11,17H2,1H3. The fraction of sp³-hybridized carbons (Fsp3) is 0.600. The number of likely N-dealkylation sites (tertiary alicyclic amines) is 1. The maximum absolute atomic E-state index is 14.1. The van der Waals surface area contributed by atoms with Gasteiger partial charge in [0.15, 0.2) is 11.6 Å². The Morgan fingerprint density at radius 3 is 3.05 bits per heavy atom. The second-order valence-corrected chi connectivity index (χ2v) is 5.25. The third-order valence-corrected chi connectivity index (χ3v) is 3.84. The average Bonchev–Trinajstić information content (AvgIpc) is 2.42. The number of methoxy groups -OCH3 is 1. The second-order valence-electron chi connectivity index (χ2n) is 5.25.